The van der Waals surface area contributed by atoms with E-state index in [1.165, 1.54) is 0 Å². The highest BCUT2D eigenvalue weighted by Gasteiger charge is 2.27. The lowest BCUT2D eigenvalue weighted by Gasteiger charge is -2.37. The number of para-hydroxylation sites is 2. The van der Waals surface area contributed by atoms with Gasteiger partial charge in [0.15, 0.2) is 5.78 Å². The Kier molecular flexibility index (Phi) is 5.74. The van der Waals surface area contributed by atoms with Gasteiger partial charge < -0.3 is 9.72 Å². The van der Waals surface area contributed by atoms with E-state index in [2.05, 4.69) is 14.8 Å². The van der Waals surface area contributed by atoms with Crippen LogP contribution < -0.4 is 4.74 Å². The summed E-state index contributed by atoms with van der Waals surface area (Å²) in [4.78, 5) is 20.9. The second-order valence-corrected chi connectivity index (χ2v) is 7.33. The lowest BCUT2D eigenvalue weighted by molar-refractivity contribution is 0.0674. The van der Waals surface area contributed by atoms with Crippen molar-refractivity contribution in [2.24, 2.45) is 0 Å². The highest BCUT2D eigenvalue weighted by molar-refractivity contribution is 6.10. The summed E-state index contributed by atoms with van der Waals surface area (Å²) in [5.74, 6) is 1.11. The molecule has 0 aliphatic carbocycles. The molecule has 0 unspecified atom stereocenters. The Balaban J connectivity index is 1.28. The van der Waals surface area contributed by atoms with Crippen LogP contribution >= 0.6 is 0 Å². The number of benzene rings is 2. The first-order chi connectivity index (χ1) is 13.7. The van der Waals surface area contributed by atoms with Gasteiger partial charge in [-0.2, -0.15) is 0 Å². The molecule has 1 aliphatic heterocycles. The number of piperazine rings is 1. The standard InChI is InChI=1S/C23H27N3O2/c1-18(23(27)21-17-24-22-10-6-5-9-20(21)22)26-13-11-25(12-14-26)15-16-28-19-7-3-2-4-8-19/h2-10,17-18,24H,11-16H2,1H3/t18-/m1/s1. The van der Waals surface area contributed by atoms with Crippen LogP contribution in [0.25, 0.3) is 10.9 Å². The normalized spacial score (nSPS) is 16.9. The summed E-state index contributed by atoms with van der Waals surface area (Å²) in [6.45, 7) is 7.36. The van der Waals surface area contributed by atoms with Crippen molar-refractivity contribution < 1.29 is 9.53 Å². The van der Waals surface area contributed by atoms with Crippen molar-refractivity contribution in [3.05, 3.63) is 66.4 Å². The second kappa shape index (κ2) is 8.59. The molecule has 5 heteroatoms. The highest BCUT2D eigenvalue weighted by Crippen LogP contribution is 2.21. The molecule has 0 spiro atoms. The average molecular weight is 377 g/mol. The first kappa shape index (κ1) is 18.7. The van der Waals surface area contributed by atoms with E-state index in [1.807, 2.05) is 67.7 Å². The molecule has 0 bridgehead atoms. The third-order valence-electron chi connectivity index (χ3n) is 5.61. The van der Waals surface area contributed by atoms with E-state index in [-0.39, 0.29) is 11.8 Å². The monoisotopic (exact) mass is 377 g/mol. The van der Waals surface area contributed by atoms with Crippen LogP contribution in [0.4, 0.5) is 0 Å². The summed E-state index contributed by atoms with van der Waals surface area (Å²) in [5.41, 5.74) is 1.81. The van der Waals surface area contributed by atoms with E-state index >= 15 is 0 Å². The third kappa shape index (κ3) is 4.11. The lowest BCUT2D eigenvalue weighted by Crippen LogP contribution is -2.52. The van der Waals surface area contributed by atoms with Crippen LogP contribution in [0, 0.1) is 0 Å². The Hall–Kier alpha value is -2.63. The fraction of sp³-hybridized carbons (Fsp3) is 0.348. The number of hydrogen-bond acceptors (Lipinski definition) is 4. The number of hydrogen-bond donors (Lipinski definition) is 1. The van der Waals surface area contributed by atoms with E-state index in [0.717, 1.165) is 54.9 Å². The number of carbonyl (C=O) groups is 1. The van der Waals surface area contributed by atoms with Crippen LogP contribution in [0.5, 0.6) is 5.75 Å². The Morgan fingerprint density at radius 3 is 2.54 bits per heavy atom. The van der Waals surface area contributed by atoms with Crippen molar-refractivity contribution in [2.45, 2.75) is 13.0 Å². The molecule has 0 saturated carbocycles. The first-order valence-electron chi connectivity index (χ1n) is 9.97. The zero-order chi connectivity index (χ0) is 19.3. The van der Waals surface area contributed by atoms with Crippen molar-refractivity contribution in [1.29, 1.82) is 0 Å². The van der Waals surface area contributed by atoms with Gasteiger partial charge in [0.2, 0.25) is 0 Å². The molecule has 1 aliphatic rings. The molecule has 1 fully saturated rings. The molecule has 0 amide bonds. The quantitative estimate of drug-likeness (QED) is 0.641. The average Bonchev–Trinajstić information content (AvgIpc) is 3.18. The smallest absolute Gasteiger partial charge is 0.181 e. The summed E-state index contributed by atoms with van der Waals surface area (Å²) < 4.78 is 5.80. The minimum Gasteiger partial charge on any atom is -0.492 e. The number of rotatable bonds is 7. The van der Waals surface area contributed by atoms with Crippen LogP contribution in [-0.4, -0.2) is 65.9 Å². The third-order valence-corrected chi connectivity index (χ3v) is 5.61. The van der Waals surface area contributed by atoms with Crippen molar-refractivity contribution in [1.82, 2.24) is 14.8 Å². The van der Waals surface area contributed by atoms with E-state index in [9.17, 15) is 4.79 Å². The van der Waals surface area contributed by atoms with Crippen LogP contribution in [0.3, 0.4) is 0 Å². The van der Waals surface area contributed by atoms with Gasteiger partial charge in [-0.05, 0) is 25.1 Å². The van der Waals surface area contributed by atoms with Crippen LogP contribution in [0.15, 0.2) is 60.8 Å². The number of nitrogens with one attached hydrogen (secondary N) is 1. The van der Waals surface area contributed by atoms with Gasteiger partial charge in [0.25, 0.3) is 0 Å². The van der Waals surface area contributed by atoms with Gasteiger partial charge in [-0.15, -0.1) is 0 Å². The fourth-order valence-electron chi connectivity index (χ4n) is 3.85. The number of nitrogens with zero attached hydrogens (tertiary/aromatic N) is 2. The highest BCUT2D eigenvalue weighted by atomic mass is 16.5. The molecule has 1 aromatic heterocycles. The number of fused-ring (bicyclic) bond motifs is 1. The minimum absolute atomic E-state index is 0.109. The van der Waals surface area contributed by atoms with Gasteiger partial charge in [0.05, 0.1) is 6.04 Å². The molecule has 28 heavy (non-hydrogen) atoms. The maximum absolute atomic E-state index is 13.0. The molecule has 1 atom stereocenters. The summed E-state index contributed by atoms with van der Waals surface area (Å²) in [5, 5.41) is 1.01. The van der Waals surface area contributed by atoms with Gasteiger partial charge in [-0.1, -0.05) is 36.4 Å². The second-order valence-electron chi connectivity index (χ2n) is 7.33. The number of aromatic amines is 1. The van der Waals surface area contributed by atoms with Gasteiger partial charge >= 0.3 is 0 Å². The number of aromatic nitrogens is 1. The predicted octanol–water partition coefficient (Wildman–Crippen LogP) is 3.44. The molecular weight excluding hydrogens is 350 g/mol. The number of H-pyrrole nitrogens is 1. The Morgan fingerprint density at radius 1 is 1.04 bits per heavy atom. The van der Waals surface area contributed by atoms with Gasteiger partial charge in [-0.3, -0.25) is 14.6 Å². The predicted molar refractivity (Wildman–Crippen MR) is 112 cm³/mol. The molecule has 2 aromatic carbocycles. The first-order valence-corrected chi connectivity index (χ1v) is 9.97. The number of ether oxygens (including phenoxy) is 1. The molecule has 2 heterocycles. The summed E-state index contributed by atoms with van der Waals surface area (Å²) in [6.07, 6.45) is 1.85. The Bertz CT molecular complexity index is 914. The largest absolute Gasteiger partial charge is 0.492 e. The maximum atomic E-state index is 13.0. The SMILES string of the molecule is C[C@H](C(=O)c1c[nH]c2ccccc12)N1CCN(CCOc2ccccc2)CC1. The number of Topliss-reactive ketones (excluding diaryl/α,β-unsaturated/α-hetero) is 1. The molecule has 146 valence electrons. The van der Waals surface area contributed by atoms with E-state index < -0.39 is 0 Å². The van der Waals surface area contributed by atoms with E-state index in [0.29, 0.717) is 6.61 Å². The maximum Gasteiger partial charge on any atom is 0.181 e. The molecule has 1 N–H and O–H groups in total. The van der Waals surface area contributed by atoms with E-state index in [4.69, 9.17) is 4.74 Å². The topological polar surface area (TPSA) is 48.6 Å². The lowest BCUT2D eigenvalue weighted by atomic mass is 10.0. The van der Waals surface area contributed by atoms with Gasteiger partial charge in [-0.25, -0.2) is 0 Å². The summed E-state index contributed by atoms with van der Waals surface area (Å²) in [6, 6.07) is 17.8. The number of carbonyl (C=O) groups excluding carboxylic acids is 1. The molecule has 0 radical (unpaired) electrons. The number of ketones is 1. The van der Waals surface area contributed by atoms with Gasteiger partial charge in [0.1, 0.15) is 12.4 Å². The van der Waals surface area contributed by atoms with Crippen molar-refractivity contribution in [3.8, 4) is 5.75 Å². The molecule has 3 aromatic rings. The van der Waals surface area contributed by atoms with Crippen molar-refractivity contribution >= 4 is 16.7 Å². The molecular formula is C23H27N3O2. The molecule has 5 nitrogen and oxygen atoms in total. The van der Waals surface area contributed by atoms with Crippen LogP contribution in [0.2, 0.25) is 0 Å². The van der Waals surface area contributed by atoms with E-state index in [1.54, 1.807) is 0 Å². The Morgan fingerprint density at radius 2 is 1.75 bits per heavy atom. The molecule has 4 rings (SSSR count). The van der Waals surface area contributed by atoms with Crippen LogP contribution in [-0.2, 0) is 0 Å². The zero-order valence-electron chi connectivity index (χ0n) is 16.3. The Labute approximate surface area is 165 Å². The van der Waals surface area contributed by atoms with Crippen molar-refractivity contribution in [3.63, 3.8) is 0 Å². The summed E-state index contributed by atoms with van der Waals surface area (Å²) >= 11 is 0. The minimum atomic E-state index is -0.109. The molecule has 1 saturated heterocycles. The zero-order valence-corrected chi connectivity index (χ0v) is 16.3. The fourth-order valence-corrected chi connectivity index (χ4v) is 3.85. The summed E-state index contributed by atoms with van der Waals surface area (Å²) in [7, 11) is 0. The van der Waals surface area contributed by atoms with Crippen molar-refractivity contribution in [2.75, 3.05) is 39.3 Å². The van der Waals surface area contributed by atoms with Gasteiger partial charge in [0, 0.05) is 55.4 Å². The van der Waals surface area contributed by atoms with Crippen LogP contribution in [0.1, 0.15) is 17.3 Å².